The summed E-state index contributed by atoms with van der Waals surface area (Å²) in [7, 11) is 0. The summed E-state index contributed by atoms with van der Waals surface area (Å²) < 4.78 is 12.9. The molecule has 2 saturated heterocycles. The van der Waals surface area contributed by atoms with Gasteiger partial charge in [0.1, 0.15) is 5.82 Å². The summed E-state index contributed by atoms with van der Waals surface area (Å²) >= 11 is 0. The number of carbonyl (C=O) groups excluding carboxylic acids is 2. The Morgan fingerprint density at radius 1 is 1.22 bits per heavy atom. The summed E-state index contributed by atoms with van der Waals surface area (Å²) in [4.78, 5) is 26.7. The Hall–Kier alpha value is -1.95. The molecule has 5 nitrogen and oxygen atoms in total. The first kappa shape index (κ1) is 15.9. The predicted octanol–water partition coefficient (Wildman–Crippen LogP) is 0.432. The lowest BCUT2D eigenvalue weighted by atomic mass is 10.0. The van der Waals surface area contributed by atoms with E-state index in [4.69, 9.17) is 0 Å². The number of hydrogen-bond donors (Lipinski definition) is 2. The molecule has 0 unspecified atom stereocenters. The molecule has 3 rings (SSSR count). The smallest absolute Gasteiger partial charge is 0.287 e. The fraction of sp³-hybridized carbons (Fsp3) is 0.529. The number of carbonyl (C=O) groups is 2. The van der Waals surface area contributed by atoms with Crippen molar-refractivity contribution in [3.63, 3.8) is 0 Å². The van der Waals surface area contributed by atoms with E-state index in [1.165, 1.54) is 21.9 Å². The van der Waals surface area contributed by atoms with Crippen LogP contribution in [-0.2, 0) is 9.59 Å². The van der Waals surface area contributed by atoms with Crippen molar-refractivity contribution in [1.82, 2.24) is 4.90 Å². The Morgan fingerprint density at radius 3 is 2.43 bits per heavy atom. The van der Waals surface area contributed by atoms with Gasteiger partial charge in [0.2, 0.25) is 5.91 Å². The highest BCUT2D eigenvalue weighted by Gasteiger charge is 2.45. The van der Waals surface area contributed by atoms with Crippen LogP contribution in [0.5, 0.6) is 0 Å². The fourth-order valence-corrected chi connectivity index (χ4v) is 3.60. The number of rotatable bonds is 4. The van der Waals surface area contributed by atoms with Crippen LogP contribution in [0.3, 0.4) is 0 Å². The second-order valence-electron chi connectivity index (χ2n) is 6.32. The number of hydrogen-bond acceptors (Lipinski definition) is 3. The third kappa shape index (κ3) is 3.37. The summed E-state index contributed by atoms with van der Waals surface area (Å²) in [5, 5.41) is 3.42. The zero-order valence-electron chi connectivity index (χ0n) is 13.3. The van der Waals surface area contributed by atoms with E-state index in [1.807, 2.05) is 6.92 Å². The molecule has 0 aromatic heterocycles. The maximum atomic E-state index is 12.9. The lowest BCUT2D eigenvalue weighted by Gasteiger charge is -2.32. The number of quaternary nitrogens is 1. The van der Waals surface area contributed by atoms with Gasteiger partial charge in [-0.1, -0.05) is 0 Å². The highest BCUT2D eigenvalue weighted by molar-refractivity contribution is 6.04. The molecule has 23 heavy (non-hydrogen) atoms. The summed E-state index contributed by atoms with van der Waals surface area (Å²) in [5.74, 6) is -0.293. The second kappa shape index (κ2) is 6.66. The first-order valence-corrected chi connectivity index (χ1v) is 8.29. The van der Waals surface area contributed by atoms with Gasteiger partial charge in [-0.3, -0.25) is 14.5 Å². The van der Waals surface area contributed by atoms with E-state index >= 15 is 0 Å². The van der Waals surface area contributed by atoms with Gasteiger partial charge >= 0.3 is 0 Å². The zero-order chi connectivity index (χ0) is 16.4. The number of likely N-dealkylation sites (tertiary alicyclic amines) is 2. The normalized spacial score (nSPS) is 28.3. The van der Waals surface area contributed by atoms with Gasteiger partial charge in [0.25, 0.3) is 5.91 Å². The monoisotopic (exact) mass is 320 g/mol. The van der Waals surface area contributed by atoms with E-state index in [9.17, 15) is 14.0 Å². The van der Waals surface area contributed by atoms with Crippen molar-refractivity contribution in [1.29, 1.82) is 0 Å². The van der Waals surface area contributed by atoms with Crippen molar-refractivity contribution in [3.05, 3.63) is 30.1 Å². The van der Waals surface area contributed by atoms with Gasteiger partial charge in [0.15, 0.2) is 6.04 Å². The first-order chi connectivity index (χ1) is 11.1. The van der Waals surface area contributed by atoms with Crippen molar-refractivity contribution >= 4 is 17.5 Å². The number of amides is 2. The standard InChI is InChI=1S/C17H22FN3O2/c1-2-21-16(22)11-15(17(21)23)20-9-7-14(8-10-20)19-13-5-3-12(18)4-6-13/h3-6,14-15,19H,2,7-11H2,1H3/p+1/t15-/m0/s1. The maximum Gasteiger partial charge on any atom is 0.287 e. The highest BCUT2D eigenvalue weighted by Crippen LogP contribution is 2.15. The van der Waals surface area contributed by atoms with Gasteiger partial charge < -0.3 is 10.2 Å². The number of nitrogens with one attached hydrogen (secondary N) is 2. The number of benzene rings is 1. The Bertz CT molecular complexity index is 582. The van der Waals surface area contributed by atoms with Crippen molar-refractivity contribution in [3.8, 4) is 0 Å². The molecule has 1 aromatic rings. The molecule has 1 atom stereocenters. The van der Waals surface area contributed by atoms with Crippen LogP contribution < -0.4 is 10.2 Å². The van der Waals surface area contributed by atoms with Crippen LogP contribution in [0.1, 0.15) is 26.2 Å². The highest BCUT2D eigenvalue weighted by atomic mass is 19.1. The van der Waals surface area contributed by atoms with Crippen molar-refractivity contribution in [2.75, 3.05) is 25.0 Å². The Morgan fingerprint density at radius 2 is 1.87 bits per heavy atom. The second-order valence-corrected chi connectivity index (χ2v) is 6.32. The van der Waals surface area contributed by atoms with E-state index in [1.54, 1.807) is 12.1 Å². The quantitative estimate of drug-likeness (QED) is 0.791. The molecule has 2 fully saturated rings. The molecule has 1 aromatic carbocycles. The Kier molecular flexibility index (Phi) is 4.61. The Balaban J connectivity index is 1.53. The molecule has 2 heterocycles. The number of likely N-dealkylation sites (N-methyl/N-ethyl adjacent to an activating group) is 1. The molecule has 0 bridgehead atoms. The molecule has 2 aliphatic heterocycles. The van der Waals surface area contributed by atoms with Gasteiger partial charge in [0, 0.05) is 31.1 Å². The maximum absolute atomic E-state index is 12.9. The molecule has 2 aliphatic rings. The average molecular weight is 320 g/mol. The van der Waals surface area contributed by atoms with E-state index in [2.05, 4.69) is 5.32 Å². The number of halogens is 1. The first-order valence-electron chi connectivity index (χ1n) is 8.29. The SMILES string of the molecule is CCN1C(=O)C[C@H]([NH+]2CCC(Nc3ccc(F)cc3)CC2)C1=O. The third-order valence-corrected chi connectivity index (χ3v) is 4.90. The molecular formula is C17H23FN3O2+. The lowest BCUT2D eigenvalue weighted by molar-refractivity contribution is -0.919. The number of anilines is 1. The third-order valence-electron chi connectivity index (χ3n) is 4.90. The lowest BCUT2D eigenvalue weighted by Crippen LogP contribution is -3.17. The van der Waals surface area contributed by atoms with E-state index in [0.717, 1.165) is 31.6 Å². The summed E-state index contributed by atoms with van der Waals surface area (Å²) in [6, 6.07) is 6.52. The molecule has 124 valence electrons. The molecular weight excluding hydrogens is 297 g/mol. The number of piperidine rings is 1. The van der Waals surface area contributed by atoms with Gasteiger partial charge in [-0.25, -0.2) is 4.39 Å². The fourth-order valence-electron chi connectivity index (χ4n) is 3.60. The van der Waals surface area contributed by atoms with Gasteiger partial charge in [-0.15, -0.1) is 0 Å². The van der Waals surface area contributed by atoms with Crippen LogP contribution in [0.4, 0.5) is 10.1 Å². The number of nitrogens with zero attached hydrogens (tertiary/aromatic N) is 1. The molecule has 2 amide bonds. The van der Waals surface area contributed by atoms with Gasteiger partial charge in [0.05, 0.1) is 19.5 Å². The van der Waals surface area contributed by atoms with Gasteiger partial charge in [-0.05, 0) is 31.2 Å². The van der Waals surface area contributed by atoms with Crippen molar-refractivity contribution < 1.29 is 18.9 Å². The van der Waals surface area contributed by atoms with Crippen LogP contribution in [-0.4, -0.2) is 48.4 Å². The van der Waals surface area contributed by atoms with Crippen LogP contribution in [0.25, 0.3) is 0 Å². The zero-order valence-corrected chi connectivity index (χ0v) is 13.3. The van der Waals surface area contributed by atoms with Gasteiger partial charge in [-0.2, -0.15) is 0 Å². The minimum absolute atomic E-state index is 0.0163. The van der Waals surface area contributed by atoms with Crippen LogP contribution in [0.2, 0.25) is 0 Å². The summed E-state index contributed by atoms with van der Waals surface area (Å²) in [5.41, 5.74) is 0.920. The summed E-state index contributed by atoms with van der Waals surface area (Å²) in [6.07, 6.45) is 2.23. The van der Waals surface area contributed by atoms with Crippen molar-refractivity contribution in [2.24, 2.45) is 0 Å². The molecule has 0 saturated carbocycles. The predicted molar refractivity (Wildman–Crippen MR) is 84.5 cm³/mol. The van der Waals surface area contributed by atoms with Crippen LogP contribution >= 0.6 is 0 Å². The van der Waals surface area contributed by atoms with Crippen LogP contribution in [0.15, 0.2) is 24.3 Å². The average Bonchev–Trinajstić information content (AvgIpc) is 2.84. The van der Waals surface area contributed by atoms with E-state index in [-0.39, 0.29) is 23.7 Å². The van der Waals surface area contributed by atoms with Crippen molar-refractivity contribution in [2.45, 2.75) is 38.3 Å². The van der Waals surface area contributed by atoms with E-state index < -0.39 is 0 Å². The topological polar surface area (TPSA) is 53.9 Å². The van der Waals surface area contributed by atoms with Crippen LogP contribution in [0, 0.1) is 5.82 Å². The molecule has 2 N–H and O–H groups in total. The molecule has 0 spiro atoms. The minimum atomic E-state index is -0.236. The largest absolute Gasteiger partial charge is 0.382 e. The summed E-state index contributed by atoms with van der Waals surface area (Å²) in [6.45, 7) is 4.06. The Labute approximate surface area is 135 Å². The molecule has 6 heteroatoms. The van der Waals surface area contributed by atoms with E-state index in [0.29, 0.717) is 19.0 Å². The minimum Gasteiger partial charge on any atom is -0.382 e. The molecule has 0 aliphatic carbocycles. The molecule has 0 radical (unpaired) electrons. The number of imide groups is 1.